The molecule has 10 nitrogen and oxygen atoms in total. The second-order valence-corrected chi connectivity index (χ2v) is 11.7. The van der Waals surface area contributed by atoms with Crippen LogP contribution in [0.5, 0.6) is 11.5 Å². The third kappa shape index (κ3) is 4.40. The van der Waals surface area contributed by atoms with Crippen LogP contribution >= 0.6 is 0 Å². The van der Waals surface area contributed by atoms with Crippen molar-refractivity contribution in [2.75, 3.05) is 18.7 Å². The Labute approximate surface area is 240 Å². The van der Waals surface area contributed by atoms with Gasteiger partial charge in [-0.3, -0.25) is 24.1 Å². The number of benzene rings is 4. The van der Waals surface area contributed by atoms with E-state index < -0.39 is 27.6 Å². The molecule has 4 aromatic carbocycles. The number of nitrogens with zero attached hydrogens (tertiary/aromatic N) is 2. The average Bonchev–Trinajstić information content (AvgIpc) is 3.36. The first kappa shape index (κ1) is 26.9. The summed E-state index contributed by atoms with van der Waals surface area (Å²) in [5, 5.41) is 0. The quantitative estimate of drug-likeness (QED) is 0.234. The Morgan fingerprint density at radius 2 is 1.05 bits per heavy atom. The van der Waals surface area contributed by atoms with Gasteiger partial charge in [0.05, 0.1) is 37.7 Å². The summed E-state index contributed by atoms with van der Waals surface area (Å²) in [4.78, 5) is 52.7. The van der Waals surface area contributed by atoms with Gasteiger partial charge in [0.1, 0.15) is 11.5 Å². The molecule has 2 aliphatic rings. The van der Waals surface area contributed by atoms with Gasteiger partial charge in [-0.15, -0.1) is 0 Å². The highest BCUT2D eigenvalue weighted by Gasteiger charge is 2.37. The Kier molecular flexibility index (Phi) is 6.38. The lowest BCUT2D eigenvalue weighted by molar-refractivity contribution is 0.0691. The van der Waals surface area contributed by atoms with Crippen molar-refractivity contribution in [3.63, 3.8) is 0 Å². The molecule has 0 saturated heterocycles. The van der Waals surface area contributed by atoms with E-state index in [1.54, 1.807) is 18.2 Å². The van der Waals surface area contributed by atoms with Crippen LogP contribution in [0.1, 0.15) is 47.0 Å². The zero-order valence-corrected chi connectivity index (χ0v) is 23.2. The topological polar surface area (TPSA) is 127 Å². The molecule has 0 saturated carbocycles. The molecule has 210 valence electrons. The van der Waals surface area contributed by atoms with Crippen LogP contribution in [0.2, 0.25) is 0 Å². The Morgan fingerprint density at radius 3 is 1.62 bits per heavy atom. The lowest BCUT2D eigenvalue weighted by Crippen LogP contribution is -2.29. The predicted molar refractivity (Wildman–Crippen MR) is 150 cm³/mol. The van der Waals surface area contributed by atoms with Crippen LogP contribution in [0, 0.1) is 6.92 Å². The molecule has 0 bridgehead atoms. The predicted octanol–water partition coefficient (Wildman–Crippen LogP) is 4.27. The van der Waals surface area contributed by atoms with E-state index in [-0.39, 0.29) is 50.6 Å². The van der Waals surface area contributed by atoms with Crippen molar-refractivity contribution in [1.29, 1.82) is 0 Å². The van der Waals surface area contributed by atoms with Crippen molar-refractivity contribution in [1.82, 2.24) is 4.90 Å². The van der Waals surface area contributed by atoms with Crippen molar-refractivity contribution < 1.29 is 37.1 Å². The number of carbonyl (C=O) groups excluding carboxylic acids is 4. The molecular weight excluding hydrogens is 560 g/mol. The number of imide groups is 2. The first-order chi connectivity index (χ1) is 20.1. The minimum atomic E-state index is -3.77. The van der Waals surface area contributed by atoms with E-state index in [1.165, 1.54) is 73.8 Å². The molecule has 0 unspecified atom stereocenters. The summed E-state index contributed by atoms with van der Waals surface area (Å²) < 4.78 is 37.2. The van der Waals surface area contributed by atoms with Gasteiger partial charge in [-0.1, -0.05) is 17.7 Å². The second-order valence-electron chi connectivity index (χ2n) is 9.75. The number of ether oxygens (including phenoxy) is 2. The third-order valence-electron chi connectivity index (χ3n) is 7.11. The maximum Gasteiger partial charge on any atom is 0.266 e. The number of carbonyl (C=O) groups is 4. The van der Waals surface area contributed by atoms with Crippen LogP contribution < -0.4 is 14.4 Å². The van der Waals surface area contributed by atoms with Gasteiger partial charge in [-0.25, -0.2) is 13.3 Å². The normalized spacial score (nSPS) is 14.3. The smallest absolute Gasteiger partial charge is 0.266 e. The molecule has 0 radical (unpaired) electrons. The molecule has 4 amide bonds. The van der Waals surface area contributed by atoms with E-state index in [1.807, 2.05) is 6.92 Å². The summed E-state index contributed by atoms with van der Waals surface area (Å²) >= 11 is 0. The standard InChI is InChI=1S/C31H22N2O8S/c1-18-3-9-22(10-4-18)42(38,39)23-11-5-19(6-12-23)33-30(36)25-14-8-21(16-27(25)31(33)37)41-17-40-20-7-13-24-26(15-20)29(35)32(2)28(24)34/h3-16H,17H2,1-2H3. The van der Waals surface area contributed by atoms with Crippen molar-refractivity contribution >= 4 is 39.2 Å². The van der Waals surface area contributed by atoms with Gasteiger partial charge in [-0.05, 0) is 79.7 Å². The van der Waals surface area contributed by atoms with E-state index in [9.17, 15) is 27.6 Å². The van der Waals surface area contributed by atoms with Gasteiger partial charge >= 0.3 is 0 Å². The van der Waals surface area contributed by atoms with Gasteiger partial charge < -0.3 is 9.47 Å². The minimum absolute atomic E-state index is 0.0359. The van der Waals surface area contributed by atoms with Gasteiger partial charge in [0, 0.05) is 7.05 Å². The SMILES string of the molecule is Cc1ccc(S(=O)(=O)c2ccc(N3C(=O)c4ccc(OCOc5ccc6c(c5)C(=O)N(C)C6=O)cc4C3=O)cc2)cc1. The monoisotopic (exact) mass is 582 g/mol. The van der Waals surface area contributed by atoms with E-state index >= 15 is 0 Å². The minimum Gasteiger partial charge on any atom is -0.457 e. The largest absolute Gasteiger partial charge is 0.457 e. The summed E-state index contributed by atoms with van der Waals surface area (Å²) in [7, 11) is -2.37. The van der Waals surface area contributed by atoms with Gasteiger partial charge in [0.2, 0.25) is 16.6 Å². The highest BCUT2D eigenvalue weighted by molar-refractivity contribution is 7.91. The fourth-order valence-corrected chi connectivity index (χ4v) is 6.03. The van der Waals surface area contributed by atoms with Crippen LogP contribution in [0.4, 0.5) is 5.69 Å². The molecule has 0 aliphatic carbocycles. The average molecular weight is 583 g/mol. The fourth-order valence-electron chi connectivity index (χ4n) is 4.77. The number of anilines is 1. The number of fused-ring (bicyclic) bond motifs is 2. The van der Waals surface area contributed by atoms with E-state index in [0.29, 0.717) is 11.3 Å². The molecule has 2 heterocycles. The number of hydrogen-bond acceptors (Lipinski definition) is 8. The first-order valence-electron chi connectivity index (χ1n) is 12.7. The van der Waals surface area contributed by atoms with Crippen molar-refractivity contribution in [3.8, 4) is 11.5 Å². The Balaban J connectivity index is 1.15. The number of aryl methyl sites for hydroxylation is 1. The summed E-state index contributed by atoms with van der Waals surface area (Å²) in [5.74, 6) is -1.35. The molecular formula is C31H22N2O8S. The van der Waals surface area contributed by atoms with E-state index in [0.717, 1.165) is 15.4 Å². The van der Waals surface area contributed by atoms with Gasteiger partial charge in [0.15, 0.2) is 0 Å². The molecule has 0 aromatic heterocycles. The maximum absolute atomic E-state index is 13.2. The molecule has 0 fully saturated rings. The number of hydrogen-bond donors (Lipinski definition) is 0. The number of rotatable bonds is 7. The van der Waals surface area contributed by atoms with Crippen molar-refractivity contribution in [2.24, 2.45) is 0 Å². The van der Waals surface area contributed by atoms with Gasteiger partial charge in [-0.2, -0.15) is 0 Å². The van der Waals surface area contributed by atoms with Crippen LogP contribution in [0.3, 0.4) is 0 Å². The summed E-state index contributed by atoms with van der Waals surface area (Å²) in [6, 6.07) is 21.0. The molecule has 4 aromatic rings. The molecule has 0 N–H and O–H groups in total. The summed E-state index contributed by atoms with van der Waals surface area (Å²) in [6.45, 7) is 1.59. The Bertz CT molecular complexity index is 1920. The lowest BCUT2D eigenvalue weighted by atomic mass is 10.1. The Morgan fingerprint density at radius 1 is 0.595 bits per heavy atom. The lowest BCUT2D eigenvalue weighted by Gasteiger charge is -2.14. The molecule has 0 spiro atoms. The number of sulfone groups is 1. The van der Waals surface area contributed by atoms with Crippen LogP contribution in [-0.2, 0) is 9.84 Å². The second kappa shape index (κ2) is 9.96. The molecule has 2 aliphatic heterocycles. The number of amides is 4. The third-order valence-corrected chi connectivity index (χ3v) is 8.89. The van der Waals surface area contributed by atoms with Gasteiger partial charge in [0.25, 0.3) is 23.6 Å². The zero-order valence-electron chi connectivity index (χ0n) is 22.4. The van der Waals surface area contributed by atoms with Crippen LogP contribution in [0.15, 0.2) is 94.7 Å². The van der Waals surface area contributed by atoms with E-state index in [2.05, 4.69) is 0 Å². The highest BCUT2D eigenvalue weighted by Crippen LogP contribution is 2.32. The zero-order chi connectivity index (χ0) is 29.8. The molecule has 11 heteroatoms. The van der Waals surface area contributed by atoms with Crippen LogP contribution in [-0.4, -0.2) is 50.8 Å². The summed E-state index contributed by atoms with van der Waals surface area (Å²) in [6.07, 6.45) is 0. The Hall–Kier alpha value is -5.29. The molecule has 0 atom stereocenters. The maximum atomic E-state index is 13.2. The van der Waals surface area contributed by atoms with Crippen LogP contribution in [0.25, 0.3) is 0 Å². The summed E-state index contributed by atoms with van der Waals surface area (Å²) in [5.41, 5.74) is 1.99. The fraction of sp³-hybridized carbons (Fsp3) is 0.0968. The van der Waals surface area contributed by atoms with E-state index in [4.69, 9.17) is 9.47 Å². The molecule has 6 rings (SSSR count). The highest BCUT2D eigenvalue weighted by atomic mass is 32.2. The first-order valence-corrected chi connectivity index (χ1v) is 14.2. The molecule has 42 heavy (non-hydrogen) atoms. The van der Waals surface area contributed by atoms with Crippen molar-refractivity contribution in [3.05, 3.63) is 113 Å². The van der Waals surface area contributed by atoms with Crippen molar-refractivity contribution in [2.45, 2.75) is 16.7 Å².